The second-order valence-electron chi connectivity index (χ2n) is 3.84. The molecule has 18 heavy (non-hydrogen) atoms. The van der Waals surface area contributed by atoms with Crippen molar-refractivity contribution in [1.82, 2.24) is 0 Å². The fourth-order valence-corrected chi connectivity index (χ4v) is 2.00. The van der Waals surface area contributed by atoms with Crippen LogP contribution in [0, 0.1) is 0 Å². The van der Waals surface area contributed by atoms with Crippen LogP contribution in [0.25, 0.3) is 0 Å². The van der Waals surface area contributed by atoms with Gasteiger partial charge in [-0.05, 0) is 24.3 Å². The van der Waals surface area contributed by atoms with Crippen molar-refractivity contribution in [3.05, 3.63) is 63.6 Å². The zero-order chi connectivity index (χ0) is 13.0. The lowest BCUT2D eigenvalue weighted by atomic mass is 10.2. The number of halogens is 2. The molecule has 2 nitrogen and oxygen atoms in total. The molecule has 0 saturated carbocycles. The van der Waals surface area contributed by atoms with Gasteiger partial charge in [-0.1, -0.05) is 41.4 Å². The topological polar surface area (TPSA) is 35.2 Å². The largest absolute Gasteiger partial charge is 0.489 e. The van der Waals surface area contributed by atoms with Crippen molar-refractivity contribution in [2.24, 2.45) is 5.73 Å². The van der Waals surface area contributed by atoms with E-state index >= 15 is 0 Å². The summed E-state index contributed by atoms with van der Waals surface area (Å²) < 4.78 is 5.73. The molecule has 0 radical (unpaired) electrons. The Bertz CT molecular complexity index is 543. The summed E-state index contributed by atoms with van der Waals surface area (Å²) in [5, 5.41) is 1.35. The van der Waals surface area contributed by atoms with Crippen LogP contribution < -0.4 is 10.5 Å². The Labute approximate surface area is 116 Å². The minimum Gasteiger partial charge on any atom is -0.489 e. The molecule has 2 aromatic rings. The first-order valence-electron chi connectivity index (χ1n) is 5.55. The van der Waals surface area contributed by atoms with Crippen LogP contribution in [-0.2, 0) is 13.2 Å². The molecule has 2 aromatic carbocycles. The van der Waals surface area contributed by atoms with Gasteiger partial charge in [0.05, 0.1) is 0 Å². The molecule has 0 unspecified atom stereocenters. The van der Waals surface area contributed by atoms with Crippen molar-refractivity contribution < 1.29 is 4.74 Å². The Morgan fingerprint density at radius 2 is 1.78 bits per heavy atom. The van der Waals surface area contributed by atoms with Crippen LogP contribution in [0.2, 0.25) is 10.0 Å². The molecule has 2 rings (SSSR count). The SMILES string of the molecule is NCc1cc(Cl)ccc1OCc1ccccc1Cl. The van der Waals surface area contributed by atoms with Gasteiger partial charge >= 0.3 is 0 Å². The third-order valence-corrected chi connectivity index (χ3v) is 3.19. The molecule has 0 amide bonds. The maximum Gasteiger partial charge on any atom is 0.124 e. The molecule has 94 valence electrons. The summed E-state index contributed by atoms with van der Waals surface area (Å²) in [4.78, 5) is 0. The predicted octanol–water partition coefficient (Wildman–Crippen LogP) is 4.03. The standard InChI is InChI=1S/C14H13Cl2NO/c15-12-5-6-14(11(7-12)8-17)18-9-10-3-1-2-4-13(10)16/h1-7H,8-9,17H2. The Balaban J connectivity index is 2.13. The minimum absolute atomic E-state index is 0.387. The van der Waals surface area contributed by atoms with Gasteiger partial charge in [-0.3, -0.25) is 0 Å². The Morgan fingerprint density at radius 3 is 2.50 bits per heavy atom. The molecule has 0 atom stereocenters. The Morgan fingerprint density at radius 1 is 1.00 bits per heavy atom. The lowest BCUT2D eigenvalue weighted by Crippen LogP contribution is -2.03. The van der Waals surface area contributed by atoms with Gasteiger partial charge in [0.2, 0.25) is 0 Å². The van der Waals surface area contributed by atoms with Crippen molar-refractivity contribution in [2.45, 2.75) is 13.2 Å². The van der Waals surface area contributed by atoms with Crippen LogP contribution in [0.15, 0.2) is 42.5 Å². The van der Waals surface area contributed by atoms with Crippen molar-refractivity contribution in [3.8, 4) is 5.75 Å². The zero-order valence-corrected chi connectivity index (χ0v) is 11.2. The first-order chi connectivity index (χ1) is 8.70. The van der Waals surface area contributed by atoms with Crippen LogP contribution in [0.1, 0.15) is 11.1 Å². The summed E-state index contributed by atoms with van der Waals surface area (Å²) in [7, 11) is 0. The second kappa shape index (κ2) is 6.10. The molecule has 0 aromatic heterocycles. The summed E-state index contributed by atoms with van der Waals surface area (Å²) >= 11 is 12.0. The molecular formula is C14H13Cl2NO. The van der Waals surface area contributed by atoms with E-state index in [0.717, 1.165) is 16.9 Å². The van der Waals surface area contributed by atoms with Crippen molar-refractivity contribution in [2.75, 3.05) is 0 Å². The molecule has 0 bridgehead atoms. The van der Waals surface area contributed by atoms with E-state index in [0.29, 0.717) is 23.2 Å². The summed E-state index contributed by atoms with van der Waals surface area (Å²) in [6.45, 7) is 0.798. The highest BCUT2D eigenvalue weighted by molar-refractivity contribution is 6.31. The lowest BCUT2D eigenvalue weighted by molar-refractivity contribution is 0.303. The van der Waals surface area contributed by atoms with Crippen molar-refractivity contribution in [3.63, 3.8) is 0 Å². The average molecular weight is 282 g/mol. The normalized spacial score (nSPS) is 10.4. The predicted molar refractivity (Wildman–Crippen MR) is 75.1 cm³/mol. The minimum atomic E-state index is 0.387. The van der Waals surface area contributed by atoms with Gasteiger partial charge in [0.25, 0.3) is 0 Å². The van der Waals surface area contributed by atoms with Crippen LogP contribution in [0.5, 0.6) is 5.75 Å². The quantitative estimate of drug-likeness (QED) is 0.918. The third-order valence-electron chi connectivity index (χ3n) is 2.58. The van der Waals surface area contributed by atoms with Crippen LogP contribution >= 0.6 is 23.2 Å². The van der Waals surface area contributed by atoms with Crippen molar-refractivity contribution >= 4 is 23.2 Å². The van der Waals surface area contributed by atoms with Gasteiger partial charge in [0.15, 0.2) is 0 Å². The number of hydrogen-bond donors (Lipinski definition) is 1. The molecule has 0 spiro atoms. The highest BCUT2D eigenvalue weighted by Crippen LogP contribution is 2.24. The van der Waals surface area contributed by atoms with E-state index in [1.807, 2.05) is 36.4 Å². The second-order valence-corrected chi connectivity index (χ2v) is 4.68. The Kier molecular flexibility index (Phi) is 4.48. The molecule has 2 N–H and O–H groups in total. The van der Waals surface area contributed by atoms with Crippen LogP contribution in [0.3, 0.4) is 0 Å². The number of benzene rings is 2. The van der Waals surface area contributed by atoms with E-state index in [4.69, 9.17) is 33.7 Å². The fraction of sp³-hybridized carbons (Fsp3) is 0.143. The van der Waals surface area contributed by atoms with Gasteiger partial charge in [0, 0.05) is 27.7 Å². The maximum absolute atomic E-state index is 6.06. The number of nitrogens with two attached hydrogens (primary N) is 1. The summed E-state index contributed by atoms with van der Waals surface area (Å²) in [6.07, 6.45) is 0. The van der Waals surface area contributed by atoms with Gasteiger partial charge in [-0.2, -0.15) is 0 Å². The first-order valence-corrected chi connectivity index (χ1v) is 6.31. The zero-order valence-electron chi connectivity index (χ0n) is 9.70. The molecule has 0 aliphatic carbocycles. The first kappa shape index (κ1) is 13.2. The van der Waals surface area contributed by atoms with E-state index < -0.39 is 0 Å². The number of rotatable bonds is 4. The van der Waals surface area contributed by atoms with Gasteiger partial charge in [0.1, 0.15) is 12.4 Å². The molecular weight excluding hydrogens is 269 g/mol. The van der Waals surface area contributed by atoms with E-state index in [9.17, 15) is 0 Å². The van der Waals surface area contributed by atoms with E-state index in [-0.39, 0.29) is 0 Å². The van der Waals surface area contributed by atoms with Gasteiger partial charge < -0.3 is 10.5 Å². The smallest absolute Gasteiger partial charge is 0.124 e. The molecule has 0 aliphatic rings. The Hall–Kier alpha value is -1.22. The van der Waals surface area contributed by atoms with Gasteiger partial charge in [-0.15, -0.1) is 0 Å². The van der Waals surface area contributed by atoms with Crippen LogP contribution in [0.4, 0.5) is 0 Å². The summed E-state index contributed by atoms with van der Waals surface area (Å²) in [5.41, 5.74) is 7.48. The number of ether oxygens (including phenoxy) is 1. The fourth-order valence-electron chi connectivity index (χ4n) is 1.62. The van der Waals surface area contributed by atoms with Gasteiger partial charge in [-0.25, -0.2) is 0 Å². The monoisotopic (exact) mass is 281 g/mol. The molecule has 4 heteroatoms. The highest BCUT2D eigenvalue weighted by atomic mass is 35.5. The molecule has 0 heterocycles. The highest BCUT2D eigenvalue weighted by Gasteiger charge is 2.05. The molecule has 0 saturated heterocycles. The van der Waals surface area contributed by atoms with E-state index in [1.54, 1.807) is 6.07 Å². The van der Waals surface area contributed by atoms with E-state index in [2.05, 4.69) is 0 Å². The number of hydrogen-bond acceptors (Lipinski definition) is 2. The van der Waals surface area contributed by atoms with Crippen molar-refractivity contribution in [1.29, 1.82) is 0 Å². The molecule has 0 fully saturated rings. The van der Waals surface area contributed by atoms with E-state index in [1.165, 1.54) is 0 Å². The third kappa shape index (κ3) is 3.16. The summed E-state index contributed by atoms with van der Waals surface area (Å²) in [6, 6.07) is 13.0. The summed E-state index contributed by atoms with van der Waals surface area (Å²) in [5.74, 6) is 0.738. The average Bonchev–Trinajstić information content (AvgIpc) is 2.39. The van der Waals surface area contributed by atoms with Crippen LogP contribution in [-0.4, -0.2) is 0 Å². The molecule has 0 aliphatic heterocycles. The lowest BCUT2D eigenvalue weighted by Gasteiger charge is -2.11. The maximum atomic E-state index is 6.06.